The molecule has 0 aliphatic heterocycles. The quantitative estimate of drug-likeness (QED) is 0.744. The van der Waals surface area contributed by atoms with Crippen LogP contribution < -0.4 is 5.73 Å². The van der Waals surface area contributed by atoms with Crippen molar-refractivity contribution in [2.24, 2.45) is 11.7 Å². The highest BCUT2D eigenvalue weighted by Crippen LogP contribution is 2.15. The van der Waals surface area contributed by atoms with E-state index in [1.165, 1.54) is 11.3 Å². The van der Waals surface area contributed by atoms with Gasteiger partial charge in [-0.2, -0.15) is 0 Å². The van der Waals surface area contributed by atoms with Gasteiger partial charge in [0.2, 0.25) is 0 Å². The molecule has 1 atom stereocenters. The van der Waals surface area contributed by atoms with Crippen LogP contribution in [0.1, 0.15) is 17.8 Å². The van der Waals surface area contributed by atoms with Gasteiger partial charge in [-0.1, -0.05) is 0 Å². The molecule has 0 fully saturated rings. The van der Waals surface area contributed by atoms with Gasteiger partial charge in [-0.3, -0.25) is 4.79 Å². The fourth-order valence-corrected chi connectivity index (χ4v) is 1.94. The van der Waals surface area contributed by atoms with Crippen molar-refractivity contribution < 1.29 is 9.90 Å². The first-order valence-electron chi connectivity index (χ1n) is 4.55. The maximum absolute atomic E-state index is 10.9. The number of rotatable bonds is 6. The molecule has 0 spiro atoms. The summed E-state index contributed by atoms with van der Waals surface area (Å²) in [6, 6.07) is 0. The standard InChI is InChI=1S/C9H14N2O2S/c10-3-1-2-7(9(12)13)6-8-11-4-5-14-8/h4-5,7H,1-3,6,10H2,(H,12,13). The summed E-state index contributed by atoms with van der Waals surface area (Å²) in [5, 5.41) is 11.7. The van der Waals surface area contributed by atoms with Gasteiger partial charge < -0.3 is 10.8 Å². The zero-order valence-electron chi connectivity index (χ0n) is 7.85. The van der Waals surface area contributed by atoms with Gasteiger partial charge in [0.15, 0.2) is 0 Å². The van der Waals surface area contributed by atoms with Crippen molar-refractivity contribution in [3.8, 4) is 0 Å². The minimum absolute atomic E-state index is 0.343. The second-order valence-corrected chi connectivity index (χ2v) is 4.08. The Morgan fingerprint density at radius 2 is 2.50 bits per heavy atom. The minimum Gasteiger partial charge on any atom is -0.481 e. The molecular formula is C9H14N2O2S. The lowest BCUT2D eigenvalue weighted by atomic mass is 10.0. The van der Waals surface area contributed by atoms with E-state index in [4.69, 9.17) is 10.8 Å². The van der Waals surface area contributed by atoms with Gasteiger partial charge in [-0.25, -0.2) is 4.98 Å². The van der Waals surface area contributed by atoms with Crippen LogP contribution in [0, 0.1) is 5.92 Å². The summed E-state index contributed by atoms with van der Waals surface area (Å²) >= 11 is 1.50. The number of thiazole rings is 1. The Balaban J connectivity index is 2.47. The monoisotopic (exact) mass is 214 g/mol. The van der Waals surface area contributed by atoms with Crippen molar-refractivity contribution >= 4 is 17.3 Å². The molecule has 0 saturated carbocycles. The first-order valence-corrected chi connectivity index (χ1v) is 5.43. The van der Waals surface area contributed by atoms with E-state index >= 15 is 0 Å². The second kappa shape index (κ2) is 5.72. The average molecular weight is 214 g/mol. The average Bonchev–Trinajstić information content (AvgIpc) is 2.64. The van der Waals surface area contributed by atoms with E-state index < -0.39 is 5.97 Å². The smallest absolute Gasteiger partial charge is 0.306 e. The van der Waals surface area contributed by atoms with Gasteiger partial charge >= 0.3 is 5.97 Å². The lowest BCUT2D eigenvalue weighted by molar-refractivity contribution is -0.141. The predicted molar refractivity (Wildman–Crippen MR) is 55.2 cm³/mol. The van der Waals surface area contributed by atoms with E-state index in [1.54, 1.807) is 6.20 Å². The fraction of sp³-hybridized carbons (Fsp3) is 0.556. The van der Waals surface area contributed by atoms with Gasteiger partial charge in [0, 0.05) is 18.0 Å². The van der Waals surface area contributed by atoms with Crippen molar-refractivity contribution in [3.05, 3.63) is 16.6 Å². The van der Waals surface area contributed by atoms with E-state index in [9.17, 15) is 4.79 Å². The van der Waals surface area contributed by atoms with Crippen LogP contribution in [0.3, 0.4) is 0 Å². The first-order chi connectivity index (χ1) is 6.74. The van der Waals surface area contributed by atoms with Gasteiger partial charge in [-0.05, 0) is 19.4 Å². The largest absolute Gasteiger partial charge is 0.481 e. The molecule has 0 bridgehead atoms. The van der Waals surface area contributed by atoms with Gasteiger partial charge in [0.05, 0.1) is 10.9 Å². The number of nitrogens with zero attached hydrogens (tertiary/aromatic N) is 1. The Morgan fingerprint density at radius 3 is 3.00 bits per heavy atom. The van der Waals surface area contributed by atoms with Crippen LogP contribution in [0.25, 0.3) is 0 Å². The van der Waals surface area contributed by atoms with E-state index in [1.807, 2.05) is 5.38 Å². The van der Waals surface area contributed by atoms with Crippen LogP contribution in [0.5, 0.6) is 0 Å². The van der Waals surface area contributed by atoms with Crippen LogP contribution in [0.2, 0.25) is 0 Å². The Kier molecular flexibility index (Phi) is 4.55. The topological polar surface area (TPSA) is 76.2 Å². The SMILES string of the molecule is NCCCC(Cc1nccs1)C(=O)O. The summed E-state index contributed by atoms with van der Waals surface area (Å²) in [7, 11) is 0. The van der Waals surface area contributed by atoms with E-state index in [-0.39, 0.29) is 5.92 Å². The summed E-state index contributed by atoms with van der Waals surface area (Å²) in [6.07, 6.45) is 3.60. The maximum Gasteiger partial charge on any atom is 0.306 e. The third kappa shape index (κ3) is 3.43. The minimum atomic E-state index is -0.756. The number of carboxylic acids is 1. The number of nitrogens with two attached hydrogens (primary N) is 1. The first kappa shape index (κ1) is 11.1. The number of aromatic nitrogens is 1. The van der Waals surface area contributed by atoms with Crippen molar-refractivity contribution in [1.82, 2.24) is 4.98 Å². The number of carbonyl (C=O) groups is 1. The molecule has 4 nitrogen and oxygen atoms in total. The number of hydrogen-bond donors (Lipinski definition) is 2. The van der Waals surface area contributed by atoms with E-state index in [0.29, 0.717) is 19.4 Å². The molecule has 0 amide bonds. The van der Waals surface area contributed by atoms with Gasteiger partial charge in [-0.15, -0.1) is 11.3 Å². The molecule has 1 heterocycles. The van der Waals surface area contributed by atoms with E-state index in [0.717, 1.165) is 11.4 Å². The zero-order chi connectivity index (χ0) is 10.4. The number of aliphatic carboxylic acids is 1. The van der Waals surface area contributed by atoms with Gasteiger partial charge in [0.25, 0.3) is 0 Å². The third-order valence-electron chi connectivity index (χ3n) is 2.01. The molecule has 1 aromatic heterocycles. The summed E-state index contributed by atoms with van der Waals surface area (Å²) in [4.78, 5) is 14.9. The van der Waals surface area contributed by atoms with Crippen LogP contribution in [-0.4, -0.2) is 22.6 Å². The molecule has 3 N–H and O–H groups in total. The molecule has 0 aliphatic carbocycles. The van der Waals surface area contributed by atoms with Crippen molar-refractivity contribution in [1.29, 1.82) is 0 Å². The zero-order valence-corrected chi connectivity index (χ0v) is 8.67. The normalized spacial score (nSPS) is 12.6. The summed E-state index contributed by atoms with van der Waals surface area (Å²) < 4.78 is 0. The molecular weight excluding hydrogens is 200 g/mol. The lowest BCUT2D eigenvalue weighted by Gasteiger charge is -2.09. The molecule has 0 aliphatic rings. The highest BCUT2D eigenvalue weighted by molar-refractivity contribution is 7.09. The molecule has 0 radical (unpaired) electrons. The number of hydrogen-bond acceptors (Lipinski definition) is 4. The molecule has 1 unspecified atom stereocenters. The molecule has 14 heavy (non-hydrogen) atoms. The predicted octanol–water partition coefficient (Wildman–Crippen LogP) is 1.13. The van der Waals surface area contributed by atoms with Gasteiger partial charge in [0.1, 0.15) is 0 Å². The van der Waals surface area contributed by atoms with E-state index in [2.05, 4.69) is 4.98 Å². The highest BCUT2D eigenvalue weighted by Gasteiger charge is 2.18. The van der Waals surface area contributed by atoms with Crippen LogP contribution in [0.15, 0.2) is 11.6 Å². The van der Waals surface area contributed by atoms with Crippen LogP contribution in [0.4, 0.5) is 0 Å². The Labute approximate surface area is 86.8 Å². The summed E-state index contributed by atoms with van der Waals surface area (Å²) in [6.45, 7) is 0.543. The molecule has 1 aromatic rings. The molecule has 5 heteroatoms. The van der Waals surface area contributed by atoms with Crippen molar-refractivity contribution in [3.63, 3.8) is 0 Å². The molecule has 0 saturated heterocycles. The van der Waals surface area contributed by atoms with Crippen molar-refractivity contribution in [2.75, 3.05) is 6.54 Å². The Hall–Kier alpha value is -0.940. The summed E-state index contributed by atoms with van der Waals surface area (Å²) in [5.41, 5.74) is 5.34. The molecule has 1 rings (SSSR count). The lowest BCUT2D eigenvalue weighted by Crippen LogP contribution is -2.17. The fourth-order valence-electron chi connectivity index (χ4n) is 1.24. The Bertz CT molecular complexity index is 274. The van der Waals surface area contributed by atoms with Crippen LogP contribution in [-0.2, 0) is 11.2 Å². The highest BCUT2D eigenvalue weighted by atomic mass is 32.1. The second-order valence-electron chi connectivity index (χ2n) is 3.10. The molecule has 78 valence electrons. The summed E-state index contributed by atoms with van der Waals surface area (Å²) in [5.74, 6) is -1.10. The van der Waals surface area contributed by atoms with Crippen LogP contribution >= 0.6 is 11.3 Å². The third-order valence-corrected chi connectivity index (χ3v) is 2.81. The Morgan fingerprint density at radius 1 is 1.71 bits per heavy atom. The van der Waals surface area contributed by atoms with Crippen molar-refractivity contribution in [2.45, 2.75) is 19.3 Å². The number of carboxylic acid groups (broad SMARTS) is 1. The molecule has 0 aromatic carbocycles. The maximum atomic E-state index is 10.9.